The Bertz CT molecular complexity index is 918. The van der Waals surface area contributed by atoms with Crippen molar-refractivity contribution in [3.8, 4) is 17.3 Å². The van der Waals surface area contributed by atoms with E-state index in [2.05, 4.69) is 5.32 Å². The normalized spacial score (nSPS) is 11.6. The first-order chi connectivity index (χ1) is 13.2. The fourth-order valence-electron chi connectivity index (χ4n) is 2.97. The van der Waals surface area contributed by atoms with Crippen LogP contribution >= 0.6 is 11.6 Å². The summed E-state index contributed by atoms with van der Waals surface area (Å²) in [6.07, 6.45) is 2.23. The van der Waals surface area contributed by atoms with E-state index in [9.17, 15) is 9.59 Å². The maximum Gasteiger partial charge on any atom is 0.257 e. The zero-order valence-corrected chi connectivity index (χ0v) is 17.2. The van der Waals surface area contributed by atoms with Crippen molar-refractivity contribution in [3.63, 3.8) is 0 Å². The monoisotopic (exact) mass is 397 g/mol. The van der Waals surface area contributed by atoms with Gasteiger partial charge in [-0.2, -0.15) is 5.26 Å². The van der Waals surface area contributed by atoms with Crippen molar-refractivity contribution >= 4 is 23.4 Å². The molecule has 0 bridgehead atoms. The van der Waals surface area contributed by atoms with Crippen LogP contribution in [0.5, 0.6) is 0 Å². The van der Waals surface area contributed by atoms with E-state index in [0.29, 0.717) is 17.0 Å². The zero-order chi connectivity index (χ0) is 20.8. The Morgan fingerprint density at radius 1 is 1.18 bits per heavy atom. The molecule has 2 rings (SSSR count). The minimum Gasteiger partial charge on any atom is -0.340 e. The highest BCUT2D eigenvalue weighted by molar-refractivity contribution is 6.33. The van der Waals surface area contributed by atoms with Crippen molar-refractivity contribution in [3.05, 3.63) is 58.6 Å². The van der Waals surface area contributed by atoms with Crippen LogP contribution in [0, 0.1) is 24.3 Å². The quantitative estimate of drug-likeness (QED) is 0.580. The molecular weight excluding hydrogens is 374 g/mol. The number of hydrogen-bond donors (Lipinski definition) is 1. The molecule has 6 heteroatoms. The summed E-state index contributed by atoms with van der Waals surface area (Å²) < 4.78 is 0. The number of halogens is 1. The Labute approximate surface area is 170 Å². The molecule has 2 amide bonds. The van der Waals surface area contributed by atoms with E-state index in [0.717, 1.165) is 21.6 Å². The van der Waals surface area contributed by atoms with Crippen molar-refractivity contribution in [2.75, 3.05) is 7.05 Å². The first kappa shape index (κ1) is 21.5. The molecule has 0 saturated carbocycles. The summed E-state index contributed by atoms with van der Waals surface area (Å²) in [6.45, 7) is 5.89. The molecule has 2 aromatic carbocycles. The molecule has 0 fully saturated rings. The van der Waals surface area contributed by atoms with Gasteiger partial charge in [0.05, 0.1) is 0 Å². The van der Waals surface area contributed by atoms with E-state index in [1.54, 1.807) is 24.4 Å². The number of nitrogens with one attached hydrogen (secondary N) is 1. The van der Waals surface area contributed by atoms with E-state index in [-0.39, 0.29) is 11.8 Å². The van der Waals surface area contributed by atoms with Gasteiger partial charge in [-0.15, -0.1) is 0 Å². The van der Waals surface area contributed by atoms with Gasteiger partial charge in [0, 0.05) is 23.2 Å². The summed E-state index contributed by atoms with van der Waals surface area (Å²) in [7, 11) is 1.39. The van der Waals surface area contributed by atoms with Crippen molar-refractivity contribution in [1.82, 2.24) is 10.2 Å². The third kappa shape index (κ3) is 5.11. The van der Waals surface area contributed by atoms with Crippen LogP contribution in [-0.2, 0) is 4.79 Å². The molecule has 0 heterocycles. The molecule has 0 aromatic heterocycles. The van der Waals surface area contributed by atoms with Crippen LogP contribution in [0.4, 0.5) is 0 Å². The molecule has 28 heavy (non-hydrogen) atoms. The lowest BCUT2D eigenvalue weighted by Crippen LogP contribution is -2.46. The molecule has 0 unspecified atom stereocenters. The second-order valence-electron chi connectivity index (χ2n) is 7.16. The number of hydrogen-bond acceptors (Lipinski definition) is 3. The number of likely N-dealkylation sites (N-methyl/N-ethyl adjacent to an activating group) is 1. The molecule has 0 aliphatic rings. The van der Waals surface area contributed by atoms with Crippen LogP contribution in [0.1, 0.15) is 36.2 Å². The SMILES string of the molecule is Cc1ccccc1-c1cc(C(=O)N[C@@H](CC(C)C)C(=O)N(C)C#N)ccc1Cl. The molecular formula is C22H24ClN3O2. The molecule has 146 valence electrons. The van der Waals surface area contributed by atoms with Gasteiger partial charge in [0.1, 0.15) is 6.04 Å². The molecule has 2 aromatic rings. The molecule has 0 spiro atoms. The number of rotatable bonds is 6. The van der Waals surface area contributed by atoms with Crippen molar-refractivity contribution in [2.24, 2.45) is 5.92 Å². The van der Waals surface area contributed by atoms with E-state index >= 15 is 0 Å². The average Bonchev–Trinajstić information content (AvgIpc) is 2.66. The third-order valence-corrected chi connectivity index (χ3v) is 4.78. The van der Waals surface area contributed by atoms with Gasteiger partial charge in [-0.25, -0.2) is 0 Å². The lowest BCUT2D eigenvalue weighted by Gasteiger charge is -2.22. The lowest BCUT2D eigenvalue weighted by atomic mass is 9.98. The van der Waals surface area contributed by atoms with Gasteiger partial charge in [0.25, 0.3) is 11.8 Å². The summed E-state index contributed by atoms with van der Waals surface area (Å²) in [5, 5.41) is 12.3. The summed E-state index contributed by atoms with van der Waals surface area (Å²) in [5.74, 6) is -0.636. The molecule has 1 atom stereocenters. The first-order valence-corrected chi connectivity index (χ1v) is 9.46. The minimum atomic E-state index is -0.769. The van der Waals surface area contributed by atoms with Gasteiger partial charge in [0.15, 0.2) is 6.19 Å². The molecule has 0 aliphatic heterocycles. The average molecular weight is 398 g/mol. The maximum absolute atomic E-state index is 12.8. The Morgan fingerprint density at radius 2 is 1.86 bits per heavy atom. The smallest absolute Gasteiger partial charge is 0.257 e. The summed E-state index contributed by atoms with van der Waals surface area (Å²) >= 11 is 6.36. The number of amides is 2. The highest BCUT2D eigenvalue weighted by atomic mass is 35.5. The van der Waals surface area contributed by atoms with Gasteiger partial charge < -0.3 is 5.32 Å². The number of carbonyl (C=O) groups is 2. The largest absolute Gasteiger partial charge is 0.340 e. The second-order valence-corrected chi connectivity index (χ2v) is 7.57. The van der Waals surface area contributed by atoms with Crippen LogP contribution in [0.3, 0.4) is 0 Å². The Morgan fingerprint density at radius 3 is 2.46 bits per heavy atom. The molecule has 1 N–H and O–H groups in total. The van der Waals surface area contributed by atoms with Crippen LogP contribution in [0.15, 0.2) is 42.5 Å². The molecule has 0 aliphatic carbocycles. The predicted molar refractivity (Wildman–Crippen MR) is 111 cm³/mol. The summed E-state index contributed by atoms with van der Waals surface area (Å²) in [5.41, 5.74) is 3.16. The highest BCUT2D eigenvalue weighted by Crippen LogP contribution is 2.31. The highest BCUT2D eigenvalue weighted by Gasteiger charge is 2.25. The number of nitriles is 1. The van der Waals surface area contributed by atoms with Crippen LogP contribution < -0.4 is 5.32 Å². The Kier molecular flexibility index (Phi) is 7.19. The molecule has 0 saturated heterocycles. The summed E-state index contributed by atoms with van der Waals surface area (Å²) in [4.78, 5) is 26.2. The van der Waals surface area contributed by atoms with Crippen LogP contribution in [-0.4, -0.2) is 29.8 Å². The lowest BCUT2D eigenvalue weighted by molar-refractivity contribution is -0.129. The van der Waals surface area contributed by atoms with Gasteiger partial charge in [0.2, 0.25) is 0 Å². The third-order valence-electron chi connectivity index (χ3n) is 4.45. The standard InChI is InChI=1S/C22H24ClN3O2/c1-14(2)11-20(22(28)26(4)13-24)25-21(27)16-9-10-19(23)18(12-16)17-8-6-5-7-15(17)3/h5-10,12,14,20H,11H2,1-4H3,(H,25,27)/t20-/m0/s1. The second kappa shape index (κ2) is 9.38. The van der Waals surface area contributed by atoms with E-state index < -0.39 is 11.9 Å². The van der Waals surface area contributed by atoms with Crippen LogP contribution in [0.2, 0.25) is 5.02 Å². The maximum atomic E-state index is 12.8. The number of carbonyl (C=O) groups excluding carboxylic acids is 2. The van der Waals surface area contributed by atoms with Crippen molar-refractivity contribution in [1.29, 1.82) is 5.26 Å². The van der Waals surface area contributed by atoms with Gasteiger partial charge in [-0.3, -0.25) is 14.5 Å². The Balaban J connectivity index is 2.33. The number of aryl methyl sites for hydroxylation is 1. The van der Waals surface area contributed by atoms with Gasteiger partial charge in [-0.1, -0.05) is 49.7 Å². The van der Waals surface area contributed by atoms with Crippen LogP contribution in [0.25, 0.3) is 11.1 Å². The number of nitrogens with zero attached hydrogens (tertiary/aromatic N) is 2. The minimum absolute atomic E-state index is 0.175. The van der Waals surface area contributed by atoms with E-state index in [4.69, 9.17) is 16.9 Å². The van der Waals surface area contributed by atoms with Gasteiger partial charge in [-0.05, 0) is 48.6 Å². The fourth-order valence-corrected chi connectivity index (χ4v) is 3.18. The molecule has 0 radical (unpaired) electrons. The number of benzene rings is 2. The predicted octanol–water partition coefficient (Wildman–Crippen LogP) is 4.40. The fraction of sp³-hybridized carbons (Fsp3) is 0.318. The topological polar surface area (TPSA) is 73.2 Å². The zero-order valence-electron chi connectivity index (χ0n) is 16.5. The summed E-state index contributed by atoms with van der Waals surface area (Å²) in [6, 6.07) is 12.1. The van der Waals surface area contributed by atoms with Crippen molar-refractivity contribution in [2.45, 2.75) is 33.2 Å². The van der Waals surface area contributed by atoms with Crippen molar-refractivity contribution < 1.29 is 9.59 Å². The first-order valence-electron chi connectivity index (χ1n) is 9.08. The molecule has 5 nitrogen and oxygen atoms in total. The van der Waals surface area contributed by atoms with Gasteiger partial charge >= 0.3 is 0 Å². The Hall–Kier alpha value is -2.84. The van der Waals surface area contributed by atoms with E-state index in [1.165, 1.54) is 7.05 Å². The van der Waals surface area contributed by atoms with E-state index in [1.807, 2.05) is 45.0 Å².